The molecule has 0 radical (unpaired) electrons. The van der Waals surface area contributed by atoms with Crippen LogP contribution in [0.4, 0.5) is 0 Å². The number of ether oxygens (including phenoxy) is 1. The van der Waals surface area contributed by atoms with Crippen LogP contribution in [0.3, 0.4) is 0 Å². The van der Waals surface area contributed by atoms with Crippen molar-refractivity contribution in [3.63, 3.8) is 0 Å². The predicted octanol–water partition coefficient (Wildman–Crippen LogP) is 2.45. The fourth-order valence-corrected chi connectivity index (χ4v) is 1.68. The molecule has 2 nitrogen and oxygen atoms in total. The van der Waals surface area contributed by atoms with E-state index in [0.717, 1.165) is 38.6 Å². The van der Waals surface area contributed by atoms with Crippen molar-refractivity contribution in [2.24, 2.45) is 0 Å². The Kier molecular flexibility index (Phi) is 7.30. The van der Waals surface area contributed by atoms with Crippen LogP contribution in [0.25, 0.3) is 0 Å². The van der Waals surface area contributed by atoms with E-state index in [-0.39, 0.29) is 0 Å². The number of rotatable bonds is 8. The maximum Gasteiger partial charge on any atom is 0.0593 e. The zero-order valence-electron chi connectivity index (χ0n) is 9.93. The molecule has 0 aliphatic heterocycles. The van der Waals surface area contributed by atoms with Crippen molar-refractivity contribution in [2.75, 3.05) is 32.1 Å². The minimum atomic E-state index is 0.742. The molecule has 0 aromatic heterocycles. The fraction of sp³-hybridized carbons (Fsp3) is 0.538. The molecule has 0 bridgehead atoms. The molecule has 1 aromatic rings. The second kappa shape index (κ2) is 8.62. The van der Waals surface area contributed by atoms with Gasteiger partial charge in [0.2, 0.25) is 0 Å². The molecule has 0 aliphatic rings. The maximum atomic E-state index is 5.43. The van der Waals surface area contributed by atoms with Gasteiger partial charge in [-0.1, -0.05) is 37.3 Å². The van der Waals surface area contributed by atoms with Crippen molar-refractivity contribution >= 4 is 12.6 Å². The van der Waals surface area contributed by atoms with E-state index in [4.69, 9.17) is 4.74 Å². The van der Waals surface area contributed by atoms with E-state index in [2.05, 4.69) is 54.8 Å². The lowest BCUT2D eigenvalue weighted by molar-refractivity contribution is 0.115. The van der Waals surface area contributed by atoms with Crippen LogP contribution in [0.2, 0.25) is 0 Å². The molecule has 16 heavy (non-hydrogen) atoms. The summed E-state index contributed by atoms with van der Waals surface area (Å²) in [7, 11) is 0. The number of likely N-dealkylation sites (N-methyl/N-ethyl adjacent to an activating group) is 1. The highest BCUT2D eigenvalue weighted by molar-refractivity contribution is 7.80. The number of benzene rings is 1. The van der Waals surface area contributed by atoms with Crippen molar-refractivity contribution in [3.05, 3.63) is 35.9 Å². The van der Waals surface area contributed by atoms with E-state index in [1.807, 2.05) is 0 Å². The molecule has 3 heteroatoms. The molecule has 0 saturated carbocycles. The molecule has 0 atom stereocenters. The van der Waals surface area contributed by atoms with Gasteiger partial charge < -0.3 is 4.74 Å². The number of nitrogens with zero attached hydrogens (tertiary/aromatic N) is 1. The van der Waals surface area contributed by atoms with Gasteiger partial charge >= 0.3 is 0 Å². The molecular formula is C13H21NOS. The molecule has 1 rings (SSSR count). The lowest BCUT2D eigenvalue weighted by Gasteiger charge is -2.20. The van der Waals surface area contributed by atoms with Crippen LogP contribution in [-0.4, -0.2) is 37.0 Å². The SMILES string of the molecule is CCN(CCOCCS)Cc1ccccc1. The average molecular weight is 239 g/mol. The molecule has 0 heterocycles. The van der Waals surface area contributed by atoms with Crippen molar-refractivity contribution < 1.29 is 4.74 Å². The van der Waals surface area contributed by atoms with Crippen LogP contribution in [0.1, 0.15) is 12.5 Å². The largest absolute Gasteiger partial charge is 0.379 e. The monoisotopic (exact) mass is 239 g/mol. The maximum absolute atomic E-state index is 5.43. The van der Waals surface area contributed by atoms with Crippen LogP contribution >= 0.6 is 12.6 Å². The smallest absolute Gasteiger partial charge is 0.0593 e. The number of thiol groups is 1. The Hall–Kier alpha value is -0.510. The van der Waals surface area contributed by atoms with E-state index in [1.165, 1.54) is 5.56 Å². The van der Waals surface area contributed by atoms with Crippen LogP contribution in [0.5, 0.6) is 0 Å². The first-order valence-corrected chi connectivity index (χ1v) is 6.45. The first kappa shape index (κ1) is 13.6. The molecule has 0 spiro atoms. The molecule has 1 aromatic carbocycles. The summed E-state index contributed by atoms with van der Waals surface area (Å²) < 4.78 is 5.43. The molecular weight excluding hydrogens is 218 g/mol. The summed E-state index contributed by atoms with van der Waals surface area (Å²) in [6, 6.07) is 10.5. The summed E-state index contributed by atoms with van der Waals surface area (Å²) in [4.78, 5) is 2.38. The van der Waals surface area contributed by atoms with E-state index in [9.17, 15) is 0 Å². The minimum Gasteiger partial charge on any atom is -0.379 e. The van der Waals surface area contributed by atoms with Gasteiger partial charge in [0, 0.05) is 18.8 Å². The summed E-state index contributed by atoms with van der Waals surface area (Å²) in [5, 5.41) is 0. The third-order valence-electron chi connectivity index (χ3n) is 2.48. The molecule has 0 N–H and O–H groups in total. The van der Waals surface area contributed by atoms with Crippen molar-refractivity contribution in [1.29, 1.82) is 0 Å². The van der Waals surface area contributed by atoms with E-state index >= 15 is 0 Å². The van der Waals surface area contributed by atoms with Gasteiger partial charge in [-0.3, -0.25) is 4.90 Å². The van der Waals surface area contributed by atoms with E-state index in [1.54, 1.807) is 0 Å². The van der Waals surface area contributed by atoms with Crippen molar-refractivity contribution in [1.82, 2.24) is 4.90 Å². The fourth-order valence-electron chi connectivity index (χ4n) is 1.55. The quantitative estimate of drug-likeness (QED) is 0.552. The van der Waals surface area contributed by atoms with Gasteiger partial charge in [0.05, 0.1) is 13.2 Å². The summed E-state index contributed by atoms with van der Waals surface area (Å²) in [5.41, 5.74) is 1.36. The zero-order chi connectivity index (χ0) is 11.6. The second-order valence-corrected chi connectivity index (χ2v) is 4.14. The van der Waals surface area contributed by atoms with Gasteiger partial charge in [0.1, 0.15) is 0 Å². The Labute approximate surface area is 104 Å². The summed E-state index contributed by atoms with van der Waals surface area (Å²) in [6.45, 7) is 6.76. The van der Waals surface area contributed by atoms with E-state index < -0.39 is 0 Å². The van der Waals surface area contributed by atoms with Crippen molar-refractivity contribution in [3.8, 4) is 0 Å². The minimum absolute atomic E-state index is 0.742. The summed E-state index contributed by atoms with van der Waals surface area (Å²) in [5.74, 6) is 0.796. The Morgan fingerprint density at radius 2 is 1.94 bits per heavy atom. The van der Waals surface area contributed by atoms with Gasteiger partial charge in [0.15, 0.2) is 0 Å². The Balaban J connectivity index is 2.26. The highest BCUT2D eigenvalue weighted by Crippen LogP contribution is 2.03. The highest BCUT2D eigenvalue weighted by Gasteiger charge is 2.02. The molecule has 0 aliphatic carbocycles. The molecule has 90 valence electrons. The van der Waals surface area contributed by atoms with Gasteiger partial charge in [-0.15, -0.1) is 0 Å². The summed E-state index contributed by atoms with van der Waals surface area (Å²) in [6.07, 6.45) is 0. The van der Waals surface area contributed by atoms with Gasteiger partial charge in [-0.2, -0.15) is 12.6 Å². The summed E-state index contributed by atoms with van der Waals surface area (Å²) >= 11 is 4.11. The first-order valence-electron chi connectivity index (χ1n) is 5.81. The van der Waals surface area contributed by atoms with Crippen LogP contribution in [-0.2, 0) is 11.3 Å². The van der Waals surface area contributed by atoms with Crippen LogP contribution in [0, 0.1) is 0 Å². The van der Waals surface area contributed by atoms with Gasteiger partial charge in [-0.05, 0) is 12.1 Å². The molecule has 0 unspecified atom stereocenters. The average Bonchev–Trinajstić information content (AvgIpc) is 2.34. The van der Waals surface area contributed by atoms with Gasteiger partial charge in [0.25, 0.3) is 0 Å². The third kappa shape index (κ3) is 5.54. The predicted molar refractivity (Wildman–Crippen MR) is 72.1 cm³/mol. The topological polar surface area (TPSA) is 12.5 Å². The Bertz CT molecular complexity index is 266. The van der Waals surface area contributed by atoms with Crippen molar-refractivity contribution in [2.45, 2.75) is 13.5 Å². The first-order chi connectivity index (χ1) is 7.86. The van der Waals surface area contributed by atoms with E-state index in [0.29, 0.717) is 0 Å². The number of hydrogen-bond acceptors (Lipinski definition) is 3. The lowest BCUT2D eigenvalue weighted by atomic mass is 10.2. The second-order valence-electron chi connectivity index (χ2n) is 3.69. The Morgan fingerprint density at radius 1 is 1.19 bits per heavy atom. The van der Waals surface area contributed by atoms with Crippen LogP contribution in [0.15, 0.2) is 30.3 Å². The standard InChI is InChI=1S/C13H21NOS/c1-2-14(8-9-15-10-11-16)12-13-6-4-3-5-7-13/h3-7,16H,2,8-12H2,1H3. The zero-order valence-corrected chi connectivity index (χ0v) is 10.8. The van der Waals surface area contributed by atoms with Crippen LogP contribution < -0.4 is 0 Å². The molecule has 0 amide bonds. The third-order valence-corrected chi connectivity index (χ3v) is 2.67. The molecule has 0 fully saturated rings. The normalized spacial score (nSPS) is 10.9. The number of hydrogen-bond donors (Lipinski definition) is 1. The lowest BCUT2D eigenvalue weighted by Crippen LogP contribution is -2.27. The highest BCUT2D eigenvalue weighted by atomic mass is 32.1. The van der Waals surface area contributed by atoms with Gasteiger partial charge in [-0.25, -0.2) is 0 Å². The molecule has 0 saturated heterocycles. The Morgan fingerprint density at radius 3 is 2.56 bits per heavy atom.